The van der Waals surface area contributed by atoms with Crippen LogP contribution in [0.1, 0.15) is 59.8 Å². The van der Waals surface area contributed by atoms with Gasteiger partial charge < -0.3 is 4.74 Å². The standard InChI is InChI=1S/C13H24O2/c1-5-11-7-8-13(4,15-10(3)14)12(6-2)9-11/h11-12H,5-9H2,1-4H3. The Balaban J connectivity index is 2.67. The van der Waals surface area contributed by atoms with E-state index in [9.17, 15) is 4.79 Å². The lowest BCUT2D eigenvalue weighted by atomic mass is 9.70. The molecule has 88 valence electrons. The maximum atomic E-state index is 11.1. The Hall–Kier alpha value is -0.530. The van der Waals surface area contributed by atoms with Gasteiger partial charge in [-0.25, -0.2) is 0 Å². The Labute approximate surface area is 93.4 Å². The van der Waals surface area contributed by atoms with E-state index < -0.39 is 0 Å². The molecule has 1 aliphatic carbocycles. The van der Waals surface area contributed by atoms with Gasteiger partial charge in [0.25, 0.3) is 0 Å². The van der Waals surface area contributed by atoms with Crippen LogP contribution in [0.2, 0.25) is 0 Å². The summed E-state index contributed by atoms with van der Waals surface area (Å²) in [5, 5.41) is 0. The molecule has 15 heavy (non-hydrogen) atoms. The molecule has 0 amide bonds. The van der Waals surface area contributed by atoms with Crippen molar-refractivity contribution in [3.05, 3.63) is 0 Å². The van der Waals surface area contributed by atoms with Crippen molar-refractivity contribution in [2.45, 2.75) is 65.4 Å². The molecular weight excluding hydrogens is 188 g/mol. The lowest BCUT2D eigenvalue weighted by Gasteiger charge is -2.43. The minimum atomic E-state index is -0.202. The Morgan fingerprint density at radius 3 is 2.53 bits per heavy atom. The minimum Gasteiger partial charge on any atom is -0.459 e. The van der Waals surface area contributed by atoms with Gasteiger partial charge in [0.2, 0.25) is 0 Å². The molecule has 2 nitrogen and oxygen atoms in total. The van der Waals surface area contributed by atoms with Crippen molar-refractivity contribution in [3.63, 3.8) is 0 Å². The normalized spacial score (nSPS) is 36.3. The van der Waals surface area contributed by atoms with E-state index in [2.05, 4.69) is 20.8 Å². The second kappa shape index (κ2) is 5.00. The van der Waals surface area contributed by atoms with Crippen LogP contribution in [0.25, 0.3) is 0 Å². The van der Waals surface area contributed by atoms with E-state index >= 15 is 0 Å². The van der Waals surface area contributed by atoms with Gasteiger partial charge in [0.15, 0.2) is 0 Å². The van der Waals surface area contributed by atoms with Crippen LogP contribution >= 0.6 is 0 Å². The molecule has 3 atom stereocenters. The van der Waals surface area contributed by atoms with E-state index in [1.165, 1.54) is 26.2 Å². The summed E-state index contributed by atoms with van der Waals surface area (Å²) >= 11 is 0. The van der Waals surface area contributed by atoms with Gasteiger partial charge in [0.1, 0.15) is 5.60 Å². The summed E-state index contributed by atoms with van der Waals surface area (Å²) < 4.78 is 5.54. The smallest absolute Gasteiger partial charge is 0.303 e. The Bertz CT molecular complexity index is 225. The monoisotopic (exact) mass is 212 g/mol. The largest absolute Gasteiger partial charge is 0.459 e. The number of ether oxygens (including phenoxy) is 1. The summed E-state index contributed by atoms with van der Waals surface area (Å²) in [6, 6.07) is 0. The lowest BCUT2D eigenvalue weighted by Crippen LogP contribution is -2.43. The molecule has 0 heterocycles. The minimum absolute atomic E-state index is 0.133. The van der Waals surface area contributed by atoms with Crippen LogP contribution in [0.3, 0.4) is 0 Å². The van der Waals surface area contributed by atoms with E-state index in [0.717, 1.165) is 18.8 Å². The molecule has 0 spiro atoms. The number of hydrogen-bond donors (Lipinski definition) is 0. The first-order valence-corrected chi connectivity index (χ1v) is 6.21. The second-order valence-electron chi connectivity index (χ2n) is 5.06. The summed E-state index contributed by atoms with van der Waals surface area (Å²) in [6.45, 7) is 8.08. The molecule has 0 aliphatic heterocycles. The fraction of sp³-hybridized carbons (Fsp3) is 0.923. The first-order chi connectivity index (χ1) is 7.01. The third-order valence-electron chi connectivity index (χ3n) is 3.98. The fourth-order valence-electron chi connectivity index (χ4n) is 2.90. The molecule has 0 radical (unpaired) electrons. The summed E-state index contributed by atoms with van der Waals surface area (Å²) in [4.78, 5) is 11.1. The lowest BCUT2D eigenvalue weighted by molar-refractivity contribution is -0.167. The molecule has 1 saturated carbocycles. The van der Waals surface area contributed by atoms with Crippen LogP contribution in [0, 0.1) is 11.8 Å². The maximum Gasteiger partial charge on any atom is 0.303 e. The van der Waals surface area contributed by atoms with Crippen molar-refractivity contribution in [1.29, 1.82) is 0 Å². The van der Waals surface area contributed by atoms with Crippen molar-refractivity contribution in [3.8, 4) is 0 Å². The van der Waals surface area contributed by atoms with Crippen LogP contribution in [0.15, 0.2) is 0 Å². The Morgan fingerprint density at radius 1 is 1.40 bits per heavy atom. The highest BCUT2D eigenvalue weighted by Gasteiger charge is 2.40. The molecule has 0 N–H and O–H groups in total. The van der Waals surface area contributed by atoms with Crippen molar-refractivity contribution in [2.24, 2.45) is 11.8 Å². The number of carbonyl (C=O) groups is 1. The molecule has 2 heteroatoms. The quantitative estimate of drug-likeness (QED) is 0.669. The molecule has 0 aromatic heterocycles. The predicted molar refractivity (Wildman–Crippen MR) is 61.6 cm³/mol. The van der Waals surface area contributed by atoms with E-state index in [1.54, 1.807) is 0 Å². The molecule has 3 unspecified atom stereocenters. The molecular formula is C13H24O2. The SMILES string of the molecule is CCC1CCC(C)(OC(C)=O)C(CC)C1. The predicted octanol–water partition coefficient (Wildman–Crippen LogP) is 3.54. The number of hydrogen-bond acceptors (Lipinski definition) is 2. The van der Waals surface area contributed by atoms with Gasteiger partial charge in [0, 0.05) is 6.92 Å². The zero-order chi connectivity index (χ0) is 11.5. The molecule has 0 bridgehead atoms. The summed E-state index contributed by atoms with van der Waals surface area (Å²) in [5.74, 6) is 1.24. The topological polar surface area (TPSA) is 26.3 Å². The van der Waals surface area contributed by atoms with Crippen molar-refractivity contribution in [2.75, 3.05) is 0 Å². The molecule has 1 fully saturated rings. The van der Waals surface area contributed by atoms with E-state index in [-0.39, 0.29) is 11.6 Å². The zero-order valence-electron chi connectivity index (χ0n) is 10.5. The average molecular weight is 212 g/mol. The van der Waals surface area contributed by atoms with E-state index in [4.69, 9.17) is 4.74 Å². The van der Waals surface area contributed by atoms with Crippen molar-refractivity contribution in [1.82, 2.24) is 0 Å². The average Bonchev–Trinajstić information content (AvgIpc) is 2.17. The van der Waals surface area contributed by atoms with Gasteiger partial charge in [-0.1, -0.05) is 20.3 Å². The molecule has 0 aromatic carbocycles. The summed E-state index contributed by atoms with van der Waals surface area (Å²) in [5.41, 5.74) is -0.202. The molecule has 1 rings (SSSR count). The van der Waals surface area contributed by atoms with Crippen LogP contribution in [0.4, 0.5) is 0 Å². The van der Waals surface area contributed by atoms with Gasteiger partial charge in [-0.3, -0.25) is 4.79 Å². The van der Waals surface area contributed by atoms with Crippen LogP contribution in [0.5, 0.6) is 0 Å². The molecule has 1 aliphatic rings. The molecule has 0 saturated heterocycles. The van der Waals surface area contributed by atoms with Crippen LogP contribution < -0.4 is 0 Å². The van der Waals surface area contributed by atoms with Crippen LogP contribution in [-0.2, 0) is 9.53 Å². The number of esters is 1. The Morgan fingerprint density at radius 2 is 2.07 bits per heavy atom. The Kier molecular flexibility index (Phi) is 4.18. The third-order valence-corrected chi connectivity index (χ3v) is 3.98. The van der Waals surface area contributed by atoms with Gasteiger partial charge in [-0.05, 0) is 44.4 Å². The highest BCUT2D eigenvalue weighted by molar-refractivity contribution is 5.66. The third kappa shape index (κ3) is 2.96. The number of rotatable bonds is 3. The van der Waals surface area contributed by atoms with E-state index in [1.807, 2.05) is 0 Å². The highest BCUT2D eigenvalue weighted by Crippen LogP contribution is 2.42. The molecule has 0 aromatic rings. The van der Waals surface area contributed by atoms with Gasteiger partial charge in [-0.15, -0.1) is 0 Å². The number of carbonyl (C=O) groups excluding carboxylic acids is 1. The maximum absolute atomic E-state index is 11.1. The second-order valence-corrected chi connectivity index (χ2v) is 5.06. The van der Waals surface area contributed by atoms with E-state index in [0.29, 0.717) is 5.92 Å². The first kappa shape index (κ1) is 12.5. The van der Waals surface area contributed by atoms with Crippen molar-refractivity contribution < 1.29 is 9.53 Å². The highest BCUT2D eigenvalue weighted by atomic mass is 16.6. The first-order valence-electron chi connectivity index (χ1n) is 6.21. The summed E-state index contributed by atoms with van der Waals surface area (Å²) in [7, 11) is 0. The van der Waals surface area contributed by atoms with Gasteiger partial charge in [-0.2, -0.15) is 0 Å². The van der Waals surface area contributed by atoms with Gasteiger partial charge in [0.05, 0.1) is 0 Å². The van der Waals surface area contributed by atoms with Crippen LogP contribution in [-0.4, -0.2) is 11.6 Å². The van der Waals surface area contributed by atoms with Crippen molar-refractivity contribution >= 4 is 5.97 Å². The zero-order valence-corrected chi connectivity index (χ0v) is 10.5. The van der Waals surface area contributed by atoms with Gasteiger partial charge >= 0.3 is 5.97 Å². The fourth-order valence-corrected chi connectivity index (χ4v) is 2.90. The summed E-state index contributed by atoms with van der Waals surface area (Å²) in [6.07, 6.45) is 5.82.